The van der Waals surface area contributed by atoms with Crippen LogP contribution in [0, 0.1) is 0 Å². The molecule has 1 amide bonds. The second kappa shape index (κ2) is 9.08. The SMILES string of the molecule is C=CCN(Cc1ccc(Cl)s1)C(=O)CNS(=O)(=O)c1cccc(C(F)(F)F)c1. The van der Waals surface area contributed by atoms with Crippen molar-refractivity contribution in [2.45, 2.75) is 17.6 Å². The number of halogens is 4. The van der Waals surface area contributed by atoms with Gasteiger partial charge < -0.3 is 4.90 Å². The monoisotopic (exact) mass is 452 g/mol. The van der Waals surface area contributed by atoms with Crippen molar-refractivity contribution in [1.29, 1.82) is 0 Å². The number of thiophene rings is 1. The van der Waals surface area contributed by atoms with E-state index in [9.17, 15) is 26.4 Å². The molecule has 1 aromatic heterocycles. The highest BCUT2D eigenvalue weighted by Crippen LogP contribution is 2.30. The Kier molecular flexibility index (Phi) is 7.27. The van der Waals surface area contributed by atoms with E-state index in [1.165, 1.54) is 22.3 Å². The van der Waals surface area contributed by atoms with Gasteiger partial charge >= 0.3 is 6.18 Å². The van der Waals surface area contributed by atoms with Crippen molar-refractivity contribution < 1.29 is 26.4 Å². The van der Waals surface area contributed by atoms with Crippen molar-refractivity contribution in [2.75, 3.05) is 13.1 Å². The minimum absolute atomic E-state index is 0.166. The van der Waals surface area contributed by atoms with Crippen molar-refractivity contribution in [2.24, 2.45) is 0 Å². The number of nitrogens with zero attached hydrogens (tertiary/aromatic N) is 1. The standard InChI is InChI=1S/C17H16ClF3N2O3S2/c1-2-8-23(11-13-6-7-15(18)27-13)16(24)10-22-28(25,26)14-5-3-4-12(9-14)17(19,20)21/h2-7,9,22H,1,8,10-11H2. The second-order valence-corrected chi connectivity index (χ2v) is 9.19. The Morgan fingerprint density at radius 2 is 2.00 bits per heavy atom. The van der Waals surface area contributed by atoms with Crippen LogP contribution in [0.4, 0.5) is 13.2 Å². The fourth-order valence-corrected chi connectivity index (χ4v) is 4.35. The van der Waals surface area contributed by atoms with E-state index >= 15 is 0 Å². The minimum Gasteiger partial charge on any atom is -0.333 e. The maximum atomic E-state index is 12.8. The van der Waals surface area contributed by atoms with Crippen molar-refractivity contribution in [1.82, 2.24) is 9.62 Å². The van der Waals surface area contributed by atoms with Crippen LogP contribution >= 0.6 is 22.9 Å². The van der Waals surface area contributed by atoms with E-state index in [1.807, 2.05) is 4.72 Å². The fraction of sp³-hybridized carbons (Fsp3) is 0.235. The van der Waals surface area contributed by atoms with Gasteiger partial charge in [-0.3, -0.25) is 4.79 Å². The summed E-state index contributed by atoms with van der Waals surface area (Å²) in [4.78, 5) is 14.0. The fourth-order valence-electron chi connectivity index (χ4n) is 2.23. The van der Waals surface area contributed by atoms with Gasteiger partial charge in [0.1, 0.15) is 0 Å². The number of benzene rings is 1. The van der Waals surface area contributed by atoms with E-state index in [2.05, 4.69) is 6.58 Å². The first kappa shape index (κ1) is 22.4. The molecule has 28 heavy (non-hydrogen) atoms. The smallest absolute Gasteiger partial charge is 0.333 e. The molecule has 2 rings (SSSR count). The van der Waals surface area contributed by atoms with Crippen LogP contribution < -0.4 is 4.72 Å². The van der Waals surface area contributed by atoms with Gasteiger partial charge in [-0.25, -0.2) is 13.1 Å². The molecular formula is C17H16ClF3N2O3S2. The van der Waals surface area contributed by atoms with E-state index in [4.69, 9.17) is 11.6 Å². The van der Waals surface area contributed by atoms with Gasteiger partial charge in [-0.2, -0.15) is 13.2 Å². The third-order valence-corrected chi connectivity index (χ3v) is 6.18. The predicted octanol–water partition coefficient (Wildman–Crippen LogP) is 3.91. The Balaban J connectivity index is 2.09. The van der Waals surface area contributed by atoms with E-state index < -0.39 is 39.1 Å². The van der Waals surface area contributed by atoms with Crippen LogP contribution in [0.3, 0.4) is 0 Å². The Hall–Kier alpha value is -1.88. The molecule has 0 atom stereocenters. The summed E-state index contributed by atoms with van der Waals surface area (Å²) in [5, 5.41) is 0. The average Bonchev–Trinajstić information content (AvgIpc) is 3.04. The maximum absolute atomic E-state index is 12.8. The van der Waals surface area contributed by atoms with Crippen molar-refractivity contribution in [3.05, 3.63) is 63.8 Å². The van der Waals surface area contributed by atoms with Gasteiger partial charge in [0.2, 0.25) is 15.9 Å². The average molecular weight is 453 g/mol. The van der Waals surface area contributed by atoms with Crippen LogP contribution in [0.1, 0.15) is 10.4 Å². The molecular weight excluding hydrogens is 437 g/mol. The third-order valence-electron chi connectivity index (χ3n) is 3.56. The van der Waals surface area contributed by atoms with Gasteiger partial charge in [0.25, 0.3) is 0 Å². The lowest BCUT2D eigenvalue weighted by Gasteiger charge is -2.20. The molecule has 11 heteroatoms. The maximum Gasteiger partial charge on any atom is 0.416 e. The van der Waals surface area contributed by atoms with Crippen LogP contribution in [0.5, 0.6) is 0 Å². The highest BCUT2D eigenvalue weighted by atomic mass is 35.5. The number of sulfonamides is 1. The van der Waals surface area contributed by atoms with Crippen LogP contribution in [0.25, 0.3) is 0 Å². The second-order valence-electron chi connectivity index (χ2n) is 5.62. The highest BCUT2D eigenvalue weighted by molar-refractivity contribution is 7.89. The van der Waals surface area contributed by atoms with E-state index in [1.54, 1.807) is 12.1 Å². The number of carbonyl (C=O) groups is 1. The summed E-state index contributed by atoms with van der Waals surface area (Å²) >= 11 is 7.13. The first-order valence-corrected chi connectivity index (χ1v) is 10.5. The van der Waals surface area contributed by atoms with E-state index in [0.717, 1.165) is 23.1 Å². The summed E-state index contributed by atoms with van der Waals surface area (Å²) in [6.07, 6.45) is -3.20. The molecule has 1 N–H and O–H groups in total. The molecule has 0 unspecified atom stereocenters. The lowest BCUT2D eigenvalue weighted by molar-refractivity contribution is -0.137. The Bertz CT molecular complexity index is 959. The lowest BCUT2D eigenvalue weighted by atomic mass is 10.2. The topological polar surface area (TPSA) is 66.5 Å². The van der Waals surface area contributed by atoms with Crippen LogP contribution in [-0.2, 0) is 27.5 Å². The molecule has 0 aliphatic carbocycles. The van der Waals surface area contributed by atoms with Gasteiger partial charge in [0, 0.05) is 11.4 Å². The Labute approximate surface area is 169 Å². The van der Waals surface area contributed by atoms with Gasteiger partial charge in [-0.1, -0.05) is 23.7 Å². The third kappa shape index (κ3) is 6.06. The first-order chi connectivity index (χ1) is 13.0. The summed E-state index contributed by atoms with van der Waals surface area (Å²) in [6, 6.07) is 6.71. The number of rotatable bonds is 8. The molecule has 5 nitrogen and oxygen atoms in total. The van der Waals surface area contributed by atoms with Gasteiger partial charge in [-0.05, 0) is 30.3 Å². The van der Waals surface area contributed by atoms with E-state index in [-0.39, 0.29) is 13.1 Å². The number of carbonyl (C=O) groups excluding carboxylic acids is 1. The Morgan fingerprint density at radius 3 is 2.57 bits per heavy atom. The zero-order valence-corrected chi connectivity index (χ0v) is 16.8. The summed E-state index contributed by atoms with van der Waals surface area (Å²) in [5.74, 6) is -0.556. The summed E-state index contributed by atoms with van der Waals surface area (Å²) in [6.45, 7) is 3.32. The highest BCUT2D eigenvalue weighted by Gasteiger charge is 2.31. The largest absolute Gasteiger partial charge is 0.416 e. The first-order valence-electron chi connectivity index (χ1n) is 7.83. The molecule has 2 aromatic rings. The normalized spacial score (nSPS) is 12.0. The summed E-state index contributed by atoms with van der Waals surface area (Å²) < 4.78 is 65.5. The summed E-state index contributed by atoms with van der Waals surface area (Å²) in [5.41, 5.74) is -1.09. The molecule has 0 fully saturated rings. The lowest BCUT2D eigenvalue weighted by Crippen LogP contribution is -2.39. The van der Waals surface area contributed by atoms with Gasteiger partial charge in [0.05, 0.1) is 27.9 Å². The zero-order valence-electron chi connectivity index (χ0n) is 14.4. The Morgan fingerprint density at radius 1 is 1.29 bits per heavy atom. The molecule has 152 valence electrons. The minimum atomic E-state index is -4.68. The molecule has 0 bridgehead atoms. The molecule has 0 radical (unpaired) electrons. The quantitative estimate of drug-likeness (QED) is 0.617. The van der Waals surface area contributed by atoms with E-state index in [0.29, 0.717) is 10.4 Å². The van der Waals surface area contributed by atoms with Gasteiger partial charge in [0.15, 0.2) is 0 Å². The van der Waals surface area contributed by atoms with Crippen molar-refractivity contribution >= 4 is 38.9 Å². The number of hydrogen-bond acceptors (Lipinski definition) is 4. The summed E-state index contributed by atoms with van der Waals surface area (Å²) in [7, 11) is -4.30. The van der Waals surface area contributed by atoms with Crippen LogP contribution in [0.15, 0.2) is 53.9 Å². The van der Waals surface area contributed by atoms with Gasteiger partial charge in [-0.15, -0.1) is 17.9 Å². The molecule has 1 aromatic carbocycles. The zero-order chi connectivity index (χ0) is 20.9. The molecule has 0 spiro atoms. The molecule has 0 aliphatic rings. The molecule has 0 saturated heterocycles. The number of alkyl halides is 3. The number of hydrogen-bond donors (Lipinski definition) is 1. The predicted molar refractivity (Wildman–Crippen MR) is 102 cm³/mol. The molecule has 1 heterocycles. The van der Waals surface area contributed by atoms with Crippen molar-refractivity contribution in [3.63, 3.8) is 0 Å². The number of nitrogens with one attached hydrogen (secondary N) is 1. The van der Waals surface area contributed by atoms with Crippen LogP contribution in [-0.4, -0.2) is 32.3 Å². The molecule has 0 saturated carbocycles. The van der Waals surface area contributed by atoms with Crippen molar-refractivity contribution in [3.8, 4) is 0 Å². The number of amides is 1. The molecule has 0 aliphatic heterocycles. The van der Waals surface area contributed by atoms with Crippen LogP contribution in [0.2, 0.25) is 4.34 Å².